The standard InChI is InChI=1S/C24H27N5O2S/c1-16(2)23-25-26-24(28(23)3)32-15-22(30)29-21(18-10-12-19(31-4)13-11-18)14-20(27-29)17-8-6-5-7-9-17/h5-13,16,21H,14-15H2,1-4H3. The van der Waals surface area contributed by atoms with Crippen molar-refractivity contribution in [1.29, 1.82) is 0 Å². The van der Waals surface area contributed by atoms with E-state index in [4.69, 9.17) is 9.84 Å². The Labute approximate surface area is 192 Å². The minimum atomic E-state index is -0.157. The Balaban J connectivity index is 1.56. The highest BCUT2D eigenvalue weighted by molar-refractivity contribution is 7.99. The first-order valence-electron chi connectivity index (χ1n) is 10.6. The van der Waals surface area contributed by atoms with Gasteiger partial charge in [-0.15, -0.1) is 10.2 Å². The molecule has 0 N–H and O–H groups in total. The molecule has 166 valence electrons. The van der Waals surface area contributed by atoms with Crippen molar-refractivity contribution >= 4 is 23.4 Å². The van der Waals surface area contributed by atoms with E-state index in [1.54, 1.807) is 12.1 Å². The van der Waals surface area contributed by atoms with Crippen LogP contribution in [0, 0.1) is 0 Å². The van der Waals surface area contributed by atoms with Gasteiger partial charge in [0.2, 0.25) is 0 Å². The lowest BCUT2D eigenvalue weighted by molar-refractivity contribution is -0.130. The minimum Gasteiger partial charge on any atom is -0.497 e. The fraction of sp³-hybridized carbons (Fsp3) is 0.333. The fourth-order valence-electron chi connectivity index (χ4n) is 3.78. The summed E-state index contributed by atoms with van der Waals surface area (Å²) in [7, 11) is 3.58. The molecule has 7 nitrogen and oxygen atoms in total. The van der Waals surface area contributed by atoms with Crippen LogP contribution in [0.4, 0.5) is 0 Å². The summed E-state index contributed by atoms with van der Waals surface area (Å²) in [6.07, 6.45) is 0.661. The highest BCUT2D eigenvalue weighted by atomic mass is 32.2. The normalized spacial score (nSPS) is 15.8. The van der Waals surface area contributed by atoms with Crippen molar-refractivity contribution in [2.24, 2.45) is 12.1 Å². The molecule has 0 fully saturated rings. The summed E-state index contributed by atoms with van der Waals surface area (Å²) in [6, 6.07) is 17.7. The number of benzene rings is 2. The smallest absolute Gasteiger partial charge is 0.253 e. The Morgan fingerprint density at radius 1 is 1.12 bits per heavy atom. The van der Waals surface area contributed by atoms with Gasteiger partial charge in [-0.1, -0.05) is 68.1 Å². The van der Waals surface area contributed by atoms with Crippen LogP contribution in [-0.4, -0.2) is 44.3 Å². The van der Waals surface area contributed by atoms with Crippen LogP contribution < -0.4 is 4.74 Å². The first kappa shape index (κ1) is 22.1. The maximum Gasteiger partial charge on any atom is 0.253 e. The molecular formula is C24H27N5O2S. The summed E-state index contributed by atoms with van der Waals surface area (Å²) < 4.78 is 7.24. The number of nitrogens with zero attached hydrogens (tertiary/aromatic N) is 5. The number of amides is 1. The van der Waals surface area contributed by atoms with Crippen LogP contribution in [0.5, 0.6) is 5.75 Å². The lowest BCUT2D eigenvalue weighted by Gasteiger charge is -2.22. The Bertz CT molecular complexity index is 1110. The summed E-state index contributed by atoms with van der Waals surface area (Å²) >= 11 is 1.39. The van der Waals surface area contributed by atoms with Crippen LogP contribution in [0.2, 0.25) is 0 Å². The molecule has 0 saturated carbocycles. The van der Waals surface area contributed by atoms with Gasteiger partial charge in [-0.2, -0.15) is 5.10 Å². The maximum atomic E-state index is 13.3. The number of aromatic nitrogens is 3. The van der Waals surface area contributed by atoms with Gasteiger partial charge < -0.3 is 9.30 Å². The summed E-state index contributed by atoms with van der Waals surface area (Å²) in [6.45, 7) is 4.15. The van der Waals surface area contributed by atoms with Crippen molar-refractivity contribution in [3.63, 3.8) is 0 Å². The molecule has 32 heavy (non-hydrogen) atoms. The molecule has 0 aliphatic carbocycles. The van der Waals surface area contributed by atoms with Gasteiger partial charge in [0.25, 0.3) is 5.91 Å². The van der Waals surface area contributed by atoms with Crippen LogP contribution in [0.3, 0.4) is 0 Å². The molecule has 4 rings (SSSR count). The van der Waals surface area contributed by atoms with Gasteiger partial charge in [-0.05, 0) is 23.3 Å². The van der Waals surface area contributed by atoms with Crippen molar-refractivity contribution in [1.82, 2.24) is 19.8 Å². The first-order chi connectivity index (χ1) is 15.5. The van der Waals surface area contributed by atoms with Crippen LogP contribution in [0.15, 0.2) is 64.9 Å². The van der Waals surface area contributed by atoms with Crippen LogP contribution in [-0.2, 0) is 11.8 Å². The molecule has 1 aromatic heterocycles. The monoisotopic (exact) mass is 449 g/mol. The van der Waals surface area contributed by atoms with Crippen molar-refractivity contribution in [3.05, 3.63) is 71.5 Å². The van der Waals surface area contributed by atoms with E-state index >= 15 is 0 Å². The second kappa shape index (κ2) is 9.56. The molecule has 0 spiro atoms. The third-order valence-electron chi connectivity index (χ3n) is 5.48. The number of carbonyl (C=O) groups is 1. The van der Waals surface area contributed by atoms with Gasteiger partial charge in [-0.3, -0.25) is 4.79 Å². The topological polar surface area (TPSA) is 72.6 Å². The molecular weight excluding hydrogens is 422 g/mol. The number of hydrazone groups is 1. The number of hydrogen-bond donors (Lipinski definition) is 0. The summed E-state index contributed by atoms with van der Waals surface area (Å²) in [4.78, 5) is 13.3. The van der Waals surface area contributed by atoms with E-state index in [1.165, 1.54) is 11.8 Å². The Hall–Kier alpha value is -3.13. The number of carbonyl (C=O) groups excluding carboxylic acids is 1. The number of methoxy groups -OCH3 is 1. The number of rotatable bonds is 7. The van der Waals surface area contributed by atoms with Gasteiger partial charge in [0.05, 0.1) is 24.6 Å². The van der Waals surface area contributed by atoms with Crippen molar-refractivity contribution in [2.45, 2.75) is 37.4 Å². The van der Waals surface area contributed by atoms with Gasteiger partial charge in [-0.25, -0.2) is 5.01 Å². The molecule has 0 radical (unpaired) electrons. The predicted molar refractivity (Wildman–Crippen MR) is 126 cm³/mol. The van der Waals surface area contributed by atoms with Gasteiger partial charge in [0.1, 0.15) is 11.6 Å². The Kier molecular flexibility index (Phi) is 6.60. The van der Waals surface area contributed by atoms with Crippen LogP contribution >= 0.6 is 11.8 Å². The maximum absolute atomic E-state index is 13.3. The average molecular weight is 450 g/mol. The van der Waals surface area contributed by atoms with E-state index in [2.05, 4.69) is 24.0 Å². The van der Waals surface area contributed by atoms with E-state index in [0.29, 0.717) is 6.42 Å². The SMILES string of the molecule is COc1ccc(C2CC(c3ccccc3)=NN2C(=O)CSc2nnc(C(C)C)n2C)cc1. The molecule has 0 saturated heterocycles. The van der Waals surface area contributed by atoms with Crippen molar-refractivity contribution in [2.75, 3.05) is 12.9 Å². The summed E-state index contributed by atoms with van der Waals surface area (Å²) in [5.41, 5.74) is 2.97. The highest BCUT2D eigenvalue weighted by Crippen LogP contribution is 2.34. The second-order valence-electron chi connectivity index (χ2n) is 7.99. The quantitative estimate of drug-likeness (QED) is 0.500. The zero-order valence-corrected chi connectivity index (χ0v) is 19.5. The molecule has 2 heterocycles. The number of hydrogen-bond acceptors (Lipinski definition) is 6. The Morgan fingerprint density at radius 3 is 2.47 bits per heavy atom. The zero-order chi connectivity index (χ0) is 22.7. The minimum absolute atomic E-state index is 0.0594. The predicted octanol–water partition coefficient (Wildman–Crippen LogP) is 4.42. The lowest BCUT2D eigenvalue weighted by atomic mass is 9.98. The summed E-state index contributed by atoms with van der Waals surface area (Å²) in [5, 5.41) is 15.6. The molecule has 1 aliphatic rings. The first-order valence-corrected chi connectivity index (χ1v) is 11.6. The largest absolute Gasteiger partial charge is 0.497 e. The fourth-order valence-corrected chi connectivity index (χ4v) is 4.55. The van der Waals surface area contributed by atoms with Crippen molar-refractivity contribution in [3.8, 4) is 5.75 Å². The highest BCUT2D eigenvalue weighted by Gasteiger charge is 2.33. The molecule has 1 amide bonds. The van der Waals surface area contributed by atoms with E-state index in [0.717, 1.165) is 33.6 Å². The van der Waals surface area contributed by atoms with E-state index in [-0.39, 0.29) is 23.6 Å². The average Bonchev–Trinajstić information content (AvgIpc) is 3.42. The number of ether oxygens (including phenoxy) is 1. The van der Waals surface area contributed by atoms with Crippen molar-refractivity contribution < 1.29 is 9.53 Å². The molecule has 3 aromatic rings. The third-order valence-corrected chi connectivity index (χ3v) is 6.49. The van der Waals surface area contributed by atoms with Crippen LogP contribution in [0.1, 0.15) is 49.2 Å². The number of thioether (sulfide) groups is 1. The summed E-state index contributed by atoms with van der Waals surface area (Å²) in [5.74, 6) is 2.14. The van der Waals surface area contributed by atoms with Gasteiger partial charge >= 0.3 is 0 Å². The lowest BCUT2D eigenvalue weighted by Crippen LogP contribution is -2.28. The van der Waals surface area contributed by atoms with Gasteiger partial charge in [0.15, 0.2) is 5.16 Å². The second-order valence-corrected chi connectivity index (χ2v) is 8.93. The van der Waals surface area contributed by atoms with E-state index in [1.807, 2.05) is 66.2 Å². The van der Waals surface area contributed by atoms with Crippen LogP contribution in [0.25, 0.3) is 0 Å². The van der Waals surface area contributed by atoms with E-state index in [9.17, 15) is 4.79 Å². The molecule has 1 aliphatic heterocycles. The molecule has 1 atom stereocenters. The molecule has 2 aromatic carbocycles. The third kappa shape index (κ3) is 4.55. The van der Waals surface area contributed by atoms with E-state index < -0.39 is 0 Å². The zero-order valence-electron chi connectivity index (χ0n) is 18.7. The molecule has 0 bridgehead atoms. The molecule has 8 heteroatoms. The molecule has 1 unspecified atom stereocenters. The Morgan fingerprint density at radius 2 is 1.84 bits per heavy atom. The van der Waals surface area contributed by atoms with Gasteiger partial charge in [0, 0.05) is 19.4 Å².